The van der Waals surface area contributed by atoms with Crippen LogP contribution in [-0.4, -0.2) is 35.4 Å². The van der Waals surface area contributed by atoms with E-state index in [0.717, 1.165) is 44.7 Å². The van der Waals surface area contributed by atoms with Crippen LogP contribution in [0.3, 0.4) is 0 Å². The molecule has 2 heterocycles. The van der Waals surface area contributed by atoms with E-state index in [4.69, 9.17) is 9.26 Å². The van der Waals surface area contributed by atoms with Crippen LogP contribution in [0, 0.1) is 6.92 Å². The van der Waals surface area contributed by atoms with Crippen molar-refractivity contribution in [2.45, 2.75) is 51.7 Å². The molecule has 5 nitrogen and oxygen atoms in total. The Labute approximate surface area is 102 Å². The fourth-order valence-corrected chi connectivity index (χ4v) is 2.18. The number of aryl methyl sites for hydroxylation is 1. The van der Waals surface area contributed by atoms with Crippen LogP contribution in [0.15, 0.2) is 4.52 Å². The third-order valence-electron chi connectivity index (χ3n) is 3.17. The van der Waals surface area contributed by atoms with Crippen molar-refractivity contribution in [3.8, 4) is 0 Å². The van der Waals surface area contributed by atoms with E-state index >= 15 is 0 Å². The van der Waals surface area contributed by atoms with Crippen LogP contribution in [0.2, 0.25) is 0 Å². The van der Waals surface area contributed by atoms with Crippen molar-refractivity contribution in [3.63, 3.8) is 0 Å². The molecule has 1 N–H and O–H groups in total. The van der Waals surface area contributed by atoms with Crippen LogP contribution >= 0.6 is 0 Å². The Hall–Kier alpha value is -0.940. The quantitative estimate of drug-likeness (QED) is 0.843. The summed E-state index contributed by atoms with van der Waals surface area (Å²) in [6.07, 6.45) is 4.56. The van der Waals surface area contributed by atoms with Gasteiger partial charge in [0.25, 0.3) is 0 Å². The lowest BCUT2D eigenvalue weighted by Gasteiger charge is -2.29. The number of nitrogens with zero attached hydrogens (tertiary/aromatic N) is 2. The summed E-state index contributed by atoms with van der Waals surface area (Å²) in [7, 11) is 0. The summed E-state index contributed by atoms with van der Waals surface area (Å²) in [5, 5.41) is 7.42. The van der Waals surface area contributed by atoms with Crippen molar-refractivity contribution in [3.05, 3.63) is 11.7 Å². The van der Waals surface area contributed by atoms with Crippen molar-refractivity contribution in [2.24, 2.45) is 0 Å². The van der Waals surface area contributed by atoms with Crippen LogP contribution < -0.4 is 5.32 Å². The van der Waals surface area contributed by atoms with Crippen LogP contribution in [0.25, 0.3) is 0 Å². The molecule has 1 aliphatic rings. The second kappa shape index (κ2) is 6.12. The van der Waals surface area contributed by atoms with Gasteiger partial charge < -0.3 is 14.6 Å². The third kappa shape index (κ3) is 3.78. The first-order chi connectivity index (χ1) is 8.28. The first-order valence-electron chi connectivity index (χ1n) is 6.42. The van der Waals surface area contributed by atoms with Gasteiger partial charge in [0.2, 0.25) is 5.89 Å². The van der Waals surface area contributed by atoms with Gasteiger partial charge in [-0.1, -0.05) is 12.1 Å². The van der Waals surface area contributed by atoms with E-state index in [0.29, 0.717) is 18.0 Å². The second-order valence-corrected chi connectivity index (χ2v) is 4.56. The van der Waals surface area contributed by atoms with Gasteiger partial charge in [-0.25, -0.2) is 0 Å². The summed E-state index contributed by atoms with van der Waals surface area (Å²) in [6, 6.07) is 0.571. The standard InChI is InChI=1S/C12H21N3O2/c1-3-11-8-10(5-7-16-11)13-6-4-12-14-9(2)17-15-12/h10-11,13H,3-8H2,1-2H3. The molecule has 5 heteroatoms. The number of aromatic nitrogens is 2. The van der Waals surface area contributed by atoms with Crippen molar-refractivity contribution in [1.29, 1.82) is 0 Å². The summed E-state index contributed by atoms with van der Waals surface area (Å²) < 4.78 is 10.6. The van der Waals surface area contributed by atoms with Crippen molar-refractivity contribution in [1.82, 2.24) is 15.5 Å². The van der Waals surface area contributed by atoms with Gasteiger partial charge in [-0.2, -0.15) is 4.98 Å². The molecule has 1 aromatic heterocycles. The molecule has 0 radical (unpaired) electrons. The van der Waals surface area contributed by atoms with Crippen LogP contribution in [0.1, 0.15) is 37.9 Å². The molecule has 1 saturated heterocycles. The van der Waals surface area contributed by atoms with Gasteiger partial charge in [0.1, 0.15) is 0 Å². The Morgan fingerprint density at radius 3 is 3.06 bits per heavy atom. The molecule has 2 rings (SSSR count). The molecule has 1 aliphatic heterocycles. The fourth-order valence-electron chi connectivity index (χ4n) is 2.18. The maximum atomic E-state index is 5.65. The highest BCUT2D eigenvalue weighted by Gasteiger charge is 2.20. The summed E-state index contributed by atoms with van der Waals surface area (Å²) >= 11 is 0. The topological polar surface area (TPSA) is 60.2 Å². The van der Waals surface area contributed by atoms with E-state index in [1.165, 1.54) is 0 Å². The average molecular weight is 239 g/mol. The van der Waals surface area contributed by atoms with Gasteiger partial charge in [0, 0.05) is 32.5 Å². The molecule has 0 aliphatic carbocycles. The molecule has 0 bridgehead atoms. The third-order valence-corrected chi connectivity index (χ3v) is 3.17. The zero-order chi connectivity index (χ0) is 12.1. The van der Waals surface area contributed by atoms with Crippen molar-refractivity contribution >= 4 is 0 Å². The Morgan fingerprint density at radius 1 is 1.47 bits per heavy atom. The van der Waals surface area contributed by atoms with Crippen molar-refractivity contribution < 1.29 is 9.26 Å². The van der Waals surface area contributed by atoms with E-state index in [2.05, 4.69) is 22.4 Å². The minimum Gasteiger partial charge on any atom is -0.378 e. The number of ether oxygens (including phenoxy) is 1. The van der Waals surface area contributed by atoms with E-state index < -0.39 is 0 Å². The lowest BCUT2D eigenvalue weighted by molar-refractivity contribution is 0.0000935. The van der Waals surface area contributed by atoms with Gasteiger partial charge in [-0.3, -0.25) is 0 Å². The smallest absolute Gasteiger partial charge is 0.223 e. The molecule has 96 valence electrons. The predicted molar refractivity (Wildman–Crippen MR) is 63.8 cm³/mol. The van der Waals surface area contributed by atoms with Crippen LogP contribution in [-0.2, 0) is 11.2 Å². The minimum absolute atomic E-state index is 0.425. The molecule has 0 saturated carbocycles. The zero-order valence-electron chi connectivity index (χ0n) is 10.6. The molecule has 2 unspecified atom stereocenters. The number of nitrogens with one attached hydrogen (secondary N) is 1. The molecular weight excluding hydrogens is 218 g/mol. The first kappa shape index (κ1) is 12.5. The van der Waals surface area contributed by atoms with E-state index in [1.807, 2.05) is 6.92 Å². The monoisotopic (exact) mass is 239 g/mol. The summed E-state index contributed by atoms with van der Waals surface area (Å²) in [5.41, 5.74) is 0. The van der Waals surface area contributed by atoms with Crippen LogP contribution in [0.5, 0.6) is 0 Å². The molecule has 0 amide bonds. The lowest BCUT2D eigenvalue weighted by atomic mass is 10.0. The summed E-state index contributed by atoms with van der Waals surface area (Å²) in [4.78, 5) is 4.18. The first-order valence-corrected chi connectivity index (χ1v) is 6.42. The maximum Gasteiger partial charge on any atom is 0.223 e. The molecule has 0 spiro atoms. The highest BCUT2D eigenvalue weighted by atomic mass is 16.5. The van der Waals surface area contributed by atoms with Crippen molar-refractivity contribution in [2.75, 3.05) is 13.2 Å². The SMILES string of the molecule is CCC1CC(NCCc2noc(C)n2)CCO1. The minimum atomic E-state index is 0.425. The average Bonchev–Trinajstić information content (AvgIpc) is 2.75. The van der Waals surface area contributed by atoms with E-state index in [9.17, 15) is 0 Å². The molecule has 2 atom stereocenters. The molecule has 1 aromatic rings. The largest absolute Gasteiger partial charge is 0.378 e. The normalized spacial score (nSPS) is 25.1. The van der Waals surface area contributed by atoms with Gasteiger partial charge in [-0.15, -0.1) is 0 Å². The molecular formula is C12H21N3O2. The van der Waals surface area contributed by atoms with Crippen LogP contribution in [0.4, 0.5) is 0 Å². The van der Waals surface area contributed by atoms with Gasteiger partial charge in [0.15, 0.2) is 5.82 Å². The van der Waals surface area contributed by atoms with Gasteiger partial charge >= 0.3 is 0 Å². The fraction of sp³-hybridized carbons (Fsp3) is 0.833. The van der Waals surface area contributed by atoms with E-state index in [-0.39, 0.29) is 0 Å². The van der Waals surface area contributed by atoms with E-state index in [1.54, 1.807) is 0 Å². The summed E-state index contributed by atoms with van der Waals surface area (Å²) in [6.45, 7) is 5.76. The Kier molecular flexibility index (Phi) is 4.50. The maximum absolute atomic E-state index is 5.65. The Balaban J connectivity index is 1.68. The lowest BCUT2D eigenvalue weighted by Crippen LogP contribution is -2.39. The Bertz CT molecular complexity index is 340. The number of hydrogen-bond acceptors (Lipinski definition) is 5. The predicted octanol–water partition coefficient (Wildman–Crippen LogP) is 1.47. The molecule has 0 aromatic carbocycles. The van der Waals surface area contributed by atoms with Gasteiger partial charge in [0.05, 0.1) is 6.10 Å². The highest BCUT2D eigenvalue weighted by Crippen LogP contribution is 2.16. The Morgan fingerprint density at radius 2 is 2.35 bits per heavy atom. The number of rotatable bonds is 5. The molecule has 17 heavy (non-hydrogen) atoms. The molecule has 1 fully saturated rings. The van der Waals surface area contributed by atoms with Gasteiger partial charge in [-0.05, 0) is 19.3 Å². The number of hydrogen-bond donors (Lipinski definition) is 1. The second-order valence-electron chi connectivity index (χ2n) is 4.56. The summed E-state index contributed by atoms with van der Waals surface area (Å²) in [5.74, 6) is 1.42. The zero-order valence-corrected chi connectivity index (χ0v) is 10.6. The highest BCUT2D eigenvalue weighted by molar-refractivity contribution is 4.85.